The molecule has 1 aliphatic rings. The summed E-state index contributed by atoms with van der Waals surface area (Å²) in [7, 11) is 0. The highest BCUT2D eigenvalue weighted by atomic mass is 16.2. The van der Waals surface area contributed by atoms with E-state index in [1.54, 1.807) is 4.57 Å². The molecule has 27 heavy (non-hydrogen) atoms. The highest BCUT2D eigenvalue weighted by Gasteiger charge is 2.26. The zero-order valence-corrected chi connectivity index (χ0v) is 15.3. The van der Waals surface area contributed by atoms with Gasteiger partial charge in [-0.05, 0) is 24.1 Å². The molecule has 6 heteroatoms. The third-order valence-electron chi connectivity index (χ3n) is 5.11. The van der Waals surface area contributed by atoms with Crippen molar-refractivity contribution in [1.29, 1.82) is 0 Å². The maximum absolute atomic E-state index is 12.5. The number of fused-ring (bicyclic) bond motifs is 1. The van der Waals surface area contributed by atoms with Gasteiger partial charge in [0.25, 0.3) is 5.56 Å². The van der Waals surface area contributed by atoms with E-state index in [2.05, 4.69) is 22.4 Å². The molecule has 138 valence electrons. The van der Waals surface area contributed by atoms with Gasteiger partial charge < -0.3 is 10.2 Å². The lowest BCUT2D eigenvalue weighted by Crippen LogP contribution is -3.13. The van der Waals surface area contributed by atoms with Crippen molar-refractivity contribution in [2.24, 2.45) is 0 Å². The number of para-hydroxylation sites is 1. The summed E-state index contributed by atoms with van der Waals surface area (Å²) < 4.78 is 1.58. The molecule has 0 amide bonds. The second kappa shape index (κ2) is 7.25. The Morgan fingerprint density at radius 3 is 2.56 bits per heavy atom. The lowest BCUT2D eigenvalue weighted by molar-refractivity contribution is -0.912. The fourth-order valence-corrected chi connectivity index (χ4v) is 3.63. The van der Waals surface area contributed by atoms with Crippen LogP contribution in [-0.4, -0.2) is 22.8 Å². The van der Waals surface area contributed by atoms with Crippen molar-refractivity contribution in [3.8, 4) is 5.69 Å². The third-order valence-corrected chi connectivity index (χ3v) is 5.11. The van der Waals surface area contributed by atoms with Crippen LogP contribution in [-0.2, 0) is 13.0 Å². The van der Waals surface area contributed by atoms with E-state index < -0.39 is 5.69 Å². The Balaban J connectivity index is 1.64. The minimum atomic E-state index is -0.409. The van der Waals surface area contributed by atoms with Gasteiger partial charge in [0.05, 0.1) is 12.2 Å². The first-order chi connectivity index (χ1) is 13.1. The number of nitrogens with one attached hydrogen (secondary N) is 3. The zero-order chi connectivity index (χ0) is 18.8. The average Bonchev–Trinajstić information content (AvgIpc) is 2.69. The average molecular weight is 363 g/mol. The van der Waals surface area contributed by atoms with Gasteiger partial charge in [-0.3, -0.25) is 9.78 Å². The molecular weight excluding hydrogens is 340 g/mol. The Labute approximate surface area is 157 Å². The smallest absolute Gasteiger partial charge is 0.324 e. The number of aromatic amines is 1. The third kappa shape index (κ3) is 3.44. The Kier molecular flexibility index (Phi) is 4.64. The van der Waals surface area contributed by atoms with Crippen LogP contribution >= 0.6 is 0 Å². The molecule has 1 unspecified atom stereocenters. The van der Waals surface area contributed by atoms with E-state index in [1.165, 1.54) is 10.5 Å². The van der Waals surface area contributed by atoms with E-state index in [9.17, 15) is 9.59 Å². The molecule has 2 heterocycles. The van der Waals surface area contributed by atoms with Gasteiger partial charge >= 0.3 is 5.69 Å². The second-order valence-electron chi connectivity index (χ2n) is 6.97. The SMILES string of the molecule is Cc1ccccc1-n1c2c(c(=O)[nH]c1=O)C[NH+](CCc1ccccc1)CN2. The van der Waals surface area contributed by atoms with Crippen molar-refractivity contribution in [3.63, 3.8) is 0 Å². The minimum absolute atomic E-state index is 0.302. The number of aryl methyl sites for hydroxylation is 1. The highest BCUT2D eigenvalue weighted by Crippen LogP contribution is 2.19. The molecule has 3 aromatic rings. The normalized spacial score (nSPS) is 15.8. The van der Waals surface area contributed by atoms with Gasteiger partial charge in [0.15, 0.2) is 6.67 Å². The molecule has 4 rings (SSSR count). The van der Waals surface area contributed by atoms with Gasteiger partial charge in [0, 0.05) is 6.42 Å². The Hall–Kier alpha value is -3.12. The monoisotopic (exact) mass is 363 g/mol. The number of hydrogen-bond acceptors (Lipinski definition) is 3. The van der Waals surface area contributed by atoms with Crippen LogP contribution in [0.15, 0.2) is 64.2 Å². The lowest BCUT2D eigenvalue weighted by Gasteiger charge is -2.28. The molecule has 6 nitrogen and oxygen atoms in total. The Morgan fingerprint density at radius 1 is 1.04 bits per heavy atom. The van der Waals surface area contributed by atoms with Gasteiger partial charge in [-0.2, -0.15) is 0 Å². The summed E-state index contributed by atoms with van der Waals surface area (Å²) in [5.74, 6) is 0.613. The molecule has 0 spiro atoms. The number of aromatic nitrogens is 2. The first kappa shape index (κ1) is 17.3. The largest absolute Gasteiger partial charge is 0.334 e. The summed E-state index contributed by atoms with van der Waals surface area (Å²) in [6.45, 7) is 4.14. The van der Waals surface area contributed by atoms with Crippen molar-refractivity contribution in [1.82, 2.24) is 9.55 Å². The van der Waals surface area contributed by atoms with Crippen LogP contribution in [0.5, 0.6) is 0 Å². The Morgan fingerprint density at radius 2 is 1.78 bits per heavy atom. The van der Waals surface area contributed by atoms with Gasteiger partial charge in [-0.15, -0.1) is 0 Å². The fourth-order valence-electron chi connectivity index (χ4n) is 3.63. The second-order valence-corrected chi connectivity index (χ2v) is 6.97. The summed E-state index contributed by atoms with van der Waals surface area (Å²) in [5, 5.41) is 3.33. The molecule has 3 N–H and O–H groups in total. The molecule has 2 aromatic carbocycles. The summed E-state index contributed by atoms with van der Waals surface area (Å²) in [6, 6.07) is 18.0. The van der Waals surface area contributed by atoms with Gasteiger partial charge in [-0.25, -0.2) is 9.36 Å². The quantitative estimate of drug-likeness (QED) is 0.643. The first-order valence-electron chi connectivity index (χ1n) is 9.19. The molecule has 0 saturated heterocycles. The van der Waals surface area contributed by atoms with Gasteiger partial charge in [0.2, 0.25) is 0 Å². The van der Waals surface area contributed by atoms with E-state index in [-0.39, 0.29) is 5.56 Å². The fraction of sp³-hybridized carbons (Fsp3) is 0.238. The highest BCUT2D eigenvalue weighted by molar-refractivity contribution is 5.53. The lowest BCUT2D eigenvalue weighted by atomic mass is 10.1. The molecule has 0 bridgehead atoms. The zero-order valence-electron chi connectivity index (χ0n) is 15.3. The molecule has 0 radical (unpaired) electrons. The number of quaternary nitrogens is 1. The molecular formula is C21H23N4O2+. The predicted molar refractivity (Wildman–Crippen MR) is 106 cm³/mol. The molecule has 1 aliphatic heterocycles. The van der Waals surface area contributed by atoms with Crippen LogP contribution in [0, 0.1) is 6.92 Å². The number of nitrogens with zero attached hydrogens (tertiary/aromatic N) is 1. The van der Waals surface area contributed by atoms with E-state index >= 15 is 0 Å². The van der Waals surface area contributed by atoms with Crippen LogP contribution in [0.2, 0.25) is 0 Å². The number of anilines is 1. The first-order valence-corrected chi connectivity index (χ1v) is 9.19. The molecule has 1 atom stereocenters. The number of hydrogen-bond donors (Lipinski definition) is 3. The molecule has 0 saturated carbocycles. The standard InChI is InChI=1S/C21H22N4O2/c1-15-7-5-6-10-18(15)25-19-17(20(26)23-21(25)27)13-24(14-22-19)12-11-16-8-3-2-4-9-16/h2-10,22H,11-14H2,1H3,(H,23,26,27)/p+1. The van der Waals surface area contributed by atoms with Crippen molar-refractivity contribution in [3.05, 3.63) is 92.1 Å². The van der Waals surface area contributed by atoms with Gasteiger partial charge in [0.1, 0.15) is 17.9 Å². The van der Waals surface area contributed by atoms with Crippen LogP contribution in [0.3, 0.4) is 0 Å². The van der Waals surface area contributed by atoms with Crippen LogP contribution < -0.4 is 21.5 Å². The van der Waals surface area contributed by atoms with Crippen molar-refractivity contribution in [2.75, 3.05) is 18.5 Å². The summed E-state index contributed by atoms with van der Waals surface area (Å²) in [4.78, 5) is 28.7. The topological polar surface area (TPSA) is 71.3 Å². The molecule has 0 fully saturated rings. The summed E-state index contributed by atoms with van der Waals surface area (Å²) >= 11 is 0. The van der Waals surface area contributed by atoms with Gasteiger partial charge in [-0.1, -0.05) is 48.5 Å². The van der Waals surface area contributed by atoms with Crippen molar-refractivity contribution < 1.29 is 4.90 Å². The van der Waals surface area contributed by atoms with E-state index in [0.29, 0.717) is 24.6 Å². The number of benzene rings is 2. The van der Waals surface area contributed by atoms with Crippen molar-refractivity contribution >= 4 is 5.82 Å². The Bertz CT molecular complexity index is 1070. The number of rotatable bonds is 4. The van der Waals surface area contributed by atoms with E-state index in [1.807, 2.05) is 49.4 Å². The number of H-pyrrole nitrogens is 1. The van der Waals surface area contributed by atoms with Crippen LogP contribution in [0.25, 0.3) is 5.69 Å². The molecule has 1 aromatic heterocycles. The van der Waals surface area contributed by atoms with E-state index in [4.69, 9.17) is 0 Å². The van der Waals surface area contributed by atoms with E-state index in [0.717, 1.165) is 24.2 Å². The van der Waals surface area contributed by atoms with Crippen LogP contribution in [0.1, 0.15) is 16.7 Å². The van der Waals surface area contributed by atoms with Crippen molar-refractivity contribution in [2.45, 2.75) is 19.9 Å². The summed E-state index contributed by atoms with van der Waals surface area (Å²) in [6.07, 6.45) is 0.947. The molecule has 0 aliphatic carbocycles. The summed E-state index contributed by atoms with van der Waals surface area (Å²) in [5.41, 5.74) is 2.98. The van der Waals surface area contributed by atoms with Crippen LogP contribution in [0.4, 0.5) is 5.82 Å². The maximum atomic E-state index is 12.5. The maximum Gasteiger partial charge on any atom is 0.334 e. The minimum Gasteiger partial charge on any atom is -0.324 e. The predicted octanol–water partition coefficient (Wildman–Crippen LogP) is 0.845.